The number of hydrogen-bond acceptors (Lipinski definition) is 4. The average Bonchev–Trinajstić information content (AvgIpc) is 3.13. The summed E-state index contributed by atoms with van der Waals surface area (Å²) in [6.45, 7) is 3.79. The third-order valence-corrected chi connectivity index (χ3v) is 3.83. The number of alkyl halides is 2. The first-order valence-corrected chi connectivity index (χ1v) is 7.76. The van der Waals surface area contributed by atoms with Crippen LogP contribution in [-0.4, -0.2) is 22.2 Å². The van der Waals surface area contributed by atoms with Crippen LogP contribution in [0.25, 0.3) is 11.4 Å². The lowest BCUT2D eigenvalue weighted by Gasteiger charge is -2.16. The SMILES string of the molecule is CC(C)NC(=O)NC1CCc2cc(-c3noc(C(F)F)n3)ccc21. The van der Waals surface area contributed by atoms with E-state index in [4.69, 9.17) is 0 Å². The topological polar surface area (TPSA) is 80.0 Å². The summed E-state index contributed by atoms with van der Waals surface area (Å²) in [7, 11) is 0. The lowest BCUT2D eigenvalue weighted by atomic mass is 10.0. The third kappa shape index (κ3) is 3.37. The van der Waals surface area contributed by atoms with Crippen LogP contribution in [0.4, 0.5) is 13.6 Å². The van der Waals surface area contributed by atoms with Gasteiger partial charge in [-0.15, -0.1) is 0 Å². The fourth-order valence-electron chi connectivity index (χ4n) is 2.81. The van der Waals surface area contributed by atoms with Gasteiger partial charge in [0.1, 0.15) is 0 Å². The van der Waals surface area contributed by atoms with E-state index in [9.17, 15) is 13.6 Å². The monoisotopic (exact) mass is 336 g/mol. The number of aryl methyl sites for hydroxylation is 1. The van der Waals surface area contributed by atoms with Crippen molar-refractivity contribution in [3.8, 4) is 11.4 Å². The molecule has 2 aromatic rings. The molecule has 1 heterocycles. The zero-order chi connectivity index (χ0) is 17.3. The highest BCUT2D eigenvalue weighted by molar-refractivity contribution is 5.75. The Morgan fingerprint density at radius 1 is 1.38 bits per heavy atom. The van der Waals surface area contributed by atoms with E-state index < -0.39 is 12.3 Å². The molecular weight excluding hydrogens is 318 g/mol. The van der Waals surface area contributed by atoms with Crippen LogP contribution in [0.3, 0.4) is 0 Å². The van der Waals surface area contributed by atoms with Crippen molar-refractivity contribution >= 4 is 6.03 Å². The van der Waals surface area contributed by atoms with Crippen molar-refractivity contribution in [2.24, 2.45) is 0 Å². The van der Waals surface area contributed by atoms with Gasteiger partial charge < -0.3 is 15.2 Å². The van der Waals surface area contributed by atoms with Crippen molar-refractivity contribution in [1.82, 2.24) is 20.8 Å². The lowest BCUT2D eigenvalue weighted by Crippen LogP contribution is -2.40. The van der Waals surface area contributed by atoms with Crippen molar-refractivity contribution in [2.45, 2.75) is 45.2 Å². The number of aromatic nitrogens is 2. The van der Waals surface area contributed by atoms with Gasteiger partial charge in [0.25, 0.3) is 5.89 Å². The van der Waals surface area contributed by atoms with Crippen LogP contribution in [0, 0.1) is 0 Å². The molecule has 0 radical (unpaired) electrons. The highest BCUT2D eigenvalue weighted by Crippen LogP contribution is 2.34. The predicted molar refractivity (Wildman–Crippen MR) is 82.6 cm³/mol. The van der Waals surface area contributed by atoms with Crippen LogP contribution in [0.2, 0.25) is 0 Å². The molecule has 1 unspecified atom stereocenters. The molecule has 0 bridgehead atoms. The Bertz CT molecular complexity index is 745. The second kappa shape index (κ2) is 6.54. The zero-order valence-corrected chi connectivity index (χ0v) is 13.3. The van der Waals surface area contributed by atoms with E-state index in [1.54, 1.807) is 6.07 Å². The number of amides is 2. The minimum Gasteiger partial charge on any atom is -0.336 e. The number of nitrogens with zero attached hydrogens (tertiary/aromatic N) is 2. The fourth-order valence-corrected chi connectivity index (χ4v) is 2.81. The maximum absolute atomic E-state index is 12.5. The number of hydrogen-bond donors (Lipinski definition) is 2. The van der Waals surface area contributed by atoms with Gasteiger partial charge in [-0.25, -0.2) is 4.79 Å². The number of rotatable bonds is 4. The van der Waals surface area contributed by atoms with Gasteiger partial charge in [-0.05, 0) is 43.9 Å². The zero-order valence-electron chi connectivity index (χ0n) is 13.3. The second-order valence-electron chi connectivity index (χ2n) is 6.03. The van der Waals surface area contributed by atoms with Crippen molar-refractivity contribution in [1.29, 1.82) is 0 Å². The Labute approximate surface area is 137 Å². The molecule has 0 spiro atoms. The quantitative estimate of drug-likeness (QED) is 0.897. The van der Waals surface area contributed by atoms with Crippen LogP contribution < -0.4 is 10.6 Å². The summed E-state index contributed by atoms with van der Waals surface area (Å²) in [5, 5.41) is 9.33. The number of carbonyl (C=O) groups is 1. The summed E-state index contributed by atoms with van der Waals surface area (Å²) >= 11 is 0. The first-order valence-electron chi connectivity index (χ1n) is 7.76. The molecule has 1 aromatic heterocycles. The smallest absolute Gasteiger partial charge is 0.315 e. The van der Waals surface area contributed by atoms with E-state index in [0.717, 1.165) is 24.0 Å². The Morgan fingerprint density at radius 3 is 2.83 bits per heavy atom. The standard InChI is InChI=1S/C16H18F2N4O2/c1-8(2)19-16(23)20-12-6-4-9-7-10(3-5-11(9)12)14-21-15(13(17)18)24-22-14/h3,5,7-8,12-13H,4,6H2,1-2H3,(H2,19,20,23). The van der Waals surface area contributed by atoms with Gasteiger partial charge in [0.2, 0.25) is 5.82 Å². The highest BCUT2D eigenvalue weighted by Gasteiger charge is 2.25. The maximum Gasteiger partial charge on any atom is 0.315 e. The number of urea groups is 1. The first-order chi connectivity index (χ1) is 11.4. The molecule has 8 heteroatoms. The molecule has 1 aliphatic rings. The Hall–Kier alpha value is -2.51. The van der Waals surface area contributed by atoms with Crippen molar-refractivity contribution in [3.05, 3.63) is 35.2 Å². The molecule has 0 aliphatic heterocycles. The van der Waals surface area contributed by atoms with E-state index in [-0.39, 0.29) is 23.9 Å². The molecular formula is C16H18F2N4O2. The number of fused-ring (bicyclic) bond motifs is 1. The van der Waals surface area contributed by atoms with E-state index in [1.165, 1.54) is 0 Å². The van der Waals surface area contributed by atoms with Gasteiger partial charge in [-0.1, -0.05) is 17.3 Å². The molecule has 1 aromatic carbocycles. The maximum atomic E-state index is 12.5. The van der Waals surface area contributed by atoms with Crippen LogP contribution >= 0.6 is 0 Å². The molecule has 0 saturated carbocycles. The van der Waals surface area contributed by atoms with E-state index in [0.29, 0.717) is 5.56 Å². The van der Waals surface area contributed by atoms with Crippen LogP contribution in [0.5, 0.6) is 0 Å². The Balaban J connectivity index is 1.76. The molecule has 2 amide bonds. The second-order valence-corrected chi connectivity index (χ2v) is 6.03. The van der Waals surface area contributed by atoms with Gasteiger partial charge in [0.05, 0.1) is 6.04 Å². The highest BCUT2D eigenvalue weighted by atomic mass is 19.3. The van der Waals surface area contributed by atoms with Crippen molar-refractivity contribution in [2.75, 3.05) is 0 Å². The van der Waals surface area contributed by atoms with Gasteiger partial charge in [-0.2, -0.15) is 13.8 Å². The fraction of sp³-hybridized carbons (Fsp3) is 0.438. The number of nitrogens with one attached hydrogen (secondary N) is 2. The molecule has 0 saturated heterocycles. The third-order valence-electron chi connectivity index (χ3n) is 3.83. The first kappa shape index (κ1) is 16.4. The number of halogens is 2. The molecule has 2 N–H and O–H groups in total. The van der Waals surface area contributed by atoms with E-state index in [2.05, 4.69) is 25.3 Å². The summed E-state index contributed by atoms with van der Waals surface area (Å²) in [5.41, 5.74) is 2.69. The van der Waals surface area contributed by atoms with E-state index >= 15 is 0 Å². The molecule has 1 atom stereocenters. The van der Waals surface area contributed by atoms with Gasteiger partial charge >= 0.3 is 12.5 Å². The predicted octanol–water partition coefficient (Wildman–Crippen LogP) is 3.37. The average molecular weight is 336 g/mol. The number of benzene rings is 1. The van der Waals surface area contributed by atoms with Crippen LogP contribution in [-0.2, 0) is 6.42 Å². The Morgan fingerprint density at radius 2 is 2.17 bits per heavy atom. The summed E-state index contributed by atoms with van der Waals surface area (Å²) in [5.74, 6) is -0.544. The number of carbonyl (C=O) groups excluding carboxylic acids is 1. The van der Waals surface area contributed by atoms with Gasteiger partial charge in [-0.3, -0.25) is 0 Å². The largest absolute Gasteiger partial charge is 0.336 e. The van der Waals surface area contributed by atoms with Crippen molar-refractivity contribution in [3.63, 3.8) is 0 Å². The van der Waals surface area contributed by atoms with Gasteiger partial charge in [0, 0.05) is 11.6 Å². The molecule has 24 heavy (non-hydrogen) atoms. The molecule has 3 rings (SSSR count). The summed E-state index contributed by atoms with van der Waals surface area (Å²) in [6, 6.07) is 5.28. The minimum absolute atomic E-state index is 0.0605. The molecule has 6 nitrogen and oxygen atoms in total. The van der Waals surface area contributed by atoms with E-state index in [1.807, 2.05) is 26.0 Å². The summed E-state index contributed by atoms with van der Waals surface area (Å²) < 4.78 is 29.6. The molecule has 0 fully saturated rings. The normalized spacial score (nSPS) is 16.5. The summed E-state index contributed by atoms with van der Waals surface area (Å²) in [6.07, 6.45) is -1.21. The van der Waals surface area contributed by atoms with Gasteiger partial charge in [0.15, 0.2) is 0 Å². The lowest BCUT2D eigenvalue weighted by molar-refractivity contribution is 0.106. The summed E-state index contributed by atoms with van der Waals surface area (Å²) in [4.78, 5) is 15.5. The van der Waals surface area contributed by atoms with Crippen LogP contribution in [0.1, 0.15) is 49.8 Å². The Kier molecular flexibility index (Phi) is 4.46. The molecule has 1 aliphatic carbocycles. The molecule has 128 valence electrons. The van der Waals surface area contributed by atoms with Crippen molar-refractivity contribution < 1.29 is 18.1 Å². The minimum atomic E-state index is -2.78. The van der Waals surface area contributed by atoms with Crippen LogP contribution in [0.15, 0.2) is 22.7 Å².